The minimum absolute atomic E-state index is 0.569. The van der Waals surface area contributed by atoms with Gasteiger partial charge in [0.25, 0.3) is 0 Å². The number of hydrogen-bond acceptors (Lipinski definition) is 2. The molecule has 0 saturated carbocycles. The summed E-state index contributed by atoms with van der Waals surface area (Å²) in [7, 11) is 2.16. The number of terminal acetylenes is 1. The lowest BCUT2D eigenvalue weighted by molar-refractivity contribution is 0.249. The van der Waals surface area contributed by atoms with Gasteiger partial charge in [0.05, 0.1) is 6.54 Å². The van der Waals surface area contributed by atoms with E-state index < -0.39 is 0 Å². The van der Waals surface area contributed by atoms with Crippen LogP contribution in [0.25, 0.3) is 0 Å². The summed E-state index contributed by atoms with van der Waals surface area (Å²) in [5.74, 6) is 2.58. The largest absolute Gasteiger partial charge is 0.305 e. The highest BCUT2D eigenvalue weighted by atomic mass is 15.1. The van der Waals surface area contributed by atoms with Gasteiger partial charge in [0.2, 0.25) is 0 Å². The highest BCUT2D eigenvalue weighted by molar-refractivity contribution is 4.87. The van der Waals surface area contributed by atoms with Gasteiger partial charge in [0.15, 0.2) is 0 Å². The molecule has 76 valence electrons. The van der Waals surface area contributed by atoms with Crippen molar-refractivity contribution in [1.29, 1.82) is 0 Å². The Labute approximate surface area is 82.7 Å². The normalized spacial score (nSPS) is 12.8. The number of nitrogens with one attached hydrogen (secondary N) is 1. The first-order valence-corrected chi connectivity index (χ1v) is 5.06. The maximum absolute atomic E-state index is 5.14. The van der Waals surface area contributed by atoms with Crippen molar-refractivity contribution in [3.63, 3.8) is 0 Å². The molecule has 0 aliphatic carbocycles. The smallest absolute Gasteiger partial charge is 0.0574 e. The van der Waals surface area contributed by atoms with Crippen molar-refractivity contribution < 1.29 is 0 Å². The van der Waals surface area contributed by atoms with Crippen molar-refractivity contribution in [2.24, 2.45) is 0 Å². The third-order valence-electron chi connectivity index (χ3n) is 2.28. The van der Waals surface area contributed by atoms with E-state index in [1.54, 1.807) is 0 Å². The Morgan fingerprint density at radius 1 is 1.54 bits per heavy atom. The molecule has 0 aromatic rings. The van der Waals surface area contributed by atoms with E-state index in [4.69, 9.17) is 6.42 Å². The maximum Gasteiger partial charge on any atom is 0.0574 e. The minimum atomic E-state index is 0.569. The number of nitrogens with zero attached hydrogens (tertiary/aromatic N) is 1. The average molecular weight is 182 g/mol. The van der Waals surface area contributed by atoms with Gasteiger partial charge < -0.3 is 10.2 Å². The molecule has 1 atom stereocenters. The minimum Gasteiger partial charge on any atom is -0.305 e. The standard InChI is InChI=1S/C11H22N2/c1-5-7-9-13(4)11(3)10-12-8-6-2/h2,11-12H,5,7-10H2,1,3-4H3. The molecule has 13 heavy (non-hydrogen) atoms. The SMILES string of the molecule is C#CCNCC(C)N(C)CCCC. The Hall–Kier alpha value is -0.520. The van der Waals surface area contributed by atoms with E-state index >= 15 is 0 Å². The lowest BCUT2D eigenvalue weighted by Crippen LogP contribution is -2.38. The number of hydrogen-bond donors (Lipinski definition) is 1. The van der Waals surface area contributed by atoms with Crippen LogP contribution in [-0.4, -0.2) is 37.6 Å². The topological polar surface area (TPSA) is 15.3 Å². The van der Waals surface area contributed by atoms with Crippen LogP contribution >= 0.6 is 0 Å². The zero-order valence-corrected chi connectivity index (χ0v) is 9.14. The Bertz CT molecular complexity index is 149. The molecule has 0 radical (unpaired) electrons. The van der Waals surface area contributed by atoms with E-state index in [9.17, 15) is 0 Å². The highest BCUT2D eigenvalue weighted by Gasteiger charge is 2.06. The molecule has 0 fully saturated rings. The highest BCUT2D eigenvalue weighted by Crippen LogP contribution is 1.97. The van der Waals surface area contributed by atoms with Crippen LogP contribution in [0, 0.1) is 12.3 Å². The summed E-state index contributed by atoms with van der Waals surface area (Å²) in [4.78, 5) is 2.37. The number of rotatable bonds is 7. The van der Waals surface area contributed by atoms with E-state index in [0.717, 1.165) is 6.54 Å². The second kappa shape index (κ2) is 8.10. The molecule has 2 heteroatoms. The maximum atomic E-state index is 5.14. The third-order valence-corrected chi connectivity index (χ3v) is 2.28. The molecule has 0 amide bonds. The zero-order chi connectivity index (χ0) is 10.1. The Morgan fingerprint density at radius 3 is 2.77 bits per heavy atom. The molecule has 0 aliphatic heterocycles. The summed E-state index contributed by atoms with van der Waals surface area (Å²) in [6.07, 6.45) is 7.68. The van der Waals surface area contributed by atoms with Gasteiger partial charge >= 0.3 is 0 Å². The molecule has 1 unspecified atom stereocenters. The monoisotopic (exact) mass is 182 g/mol. The van der Waals surface area contributed by atoms with Crippen molar-refractivity contribution in [1.82, 2.24) is 10.2 Å². The number of unbranched alkanes of at least 4 members (excludes halogenated alkanes) is 1. The summed E-state index contributed by atoms with van der Waals surface area (Å²) < 4.78 is 0. The summed E-state index contributed by atoms with van der Waals surface area (Å²) in [5, 5.41) is 3.21. The molecule has 0 spiro atoms. The van der Waals surface area contributed by atoms with Crippen LogP contribution in [0.5, 0.6) is 0 Å². The number of likely N-dealkylation sites (N-methyl/N-ethyl adjacent to an activating group) is 1. The van der Waals surface area contributed by atoms with Crippen molar-refractivity contribution in [3.8, 4) is 12.3 Å². The summed E-state index contributed by atoms with van der Waals surface area (Å²) in [5.41, 5.74) is 0. The molecular formula is C11H22N2. The van der Waals surface area contributed by atoms with Crippen LogP contribution in [-0.2, 0) is 0 Å². The summed E-state index contributed by atoms with van der Waals surface area (Å²) >= 11 is 0. The van der Waals surface area contributed by atoms with Crippen LogP contribution in [0.1, 0.15) is 26.7 Å². The van der Waals surface area contributed by atoms with Gasteiger partial charge in [-0.2, -0.15) is 0 Å². The van der Waals surface area contributed by atoms with Gasteiger partial charge in [-0.05, 0) is 26.9 Å². The van der Waals surface area contributed by atoms with Gasteiger partial charge in [-0.1, -0.05) is 19.3 Å². The fraction of sp³-hybridized carbons (Fsp3) is 0.818. The molecule has 0 heterocycles. The molecular weight excluding hydrogens is 160 g/mol. The van der Waals surface area contributed by atoms with E-state index in [1.165, 1.54) is 19.4 Å². The van der Waals surface area contributed by atoms with Crippen molar-refractivity contribution in [2.45, 2.75) is 32.7 Å². The molecule has 0 aromatic heterocycles. The third kappa shape index (κ3) is 6.62. The van der Waals surface area contributed by atoms with Gasteiger partial charge in [-0.15, -0.1) is 6.42 Å². The van der Waals surface area contributed by atoms with E-state index in [-0.39, 0.29) is 0 Å². The van der Waals surface area contributed by atoms with Crippen LogP contribution in [0.2, 0.25) is 0 Å². The average Bonchev–Trinajstić information content (AvgIpc) is 2.14. The predicted octanol–water partition coefficient (Wildman–Crippen LogP) is 1.33. The first-order chi connectivity index (χ1) is 6.22. The Kier molecular flexibility index (Phi) is 7.77. The molecule has 0 saturated heterocycles. The summed E-state index contributed by atoms with van der Waals surface area (Å²) in [6.45, 7) is 7.26. The molecule has 1 N–H and O–H groups in total. The Balaban J connectivity index is 3.45. The fourth-order valence-electron chi connectivity index (χ4n) is 1.14. The van der Waals surface area contributed by atoms with Crippen LogP contribution in [0.4, 0.5) is 0 Å². The molecule has 0 bridgehead atoms. The first kappa shape index (κ1) is 12.5. The Morgan fingerprint density at radius 2 is 2.23 bits per heavy atom. The lowest BCUT2D eigenvalue weighted by atomic mass is 10.2. The van der Waals surface area contributed by atoms with Gasteiger partial charge in [0.1, 0.15) is 0 Å². The fourth-order valence-corrected chi connectivity index (χ4v) is 1.14. The van der Waals surface area contributed by atoms with Crippen LogP contribution < -0.4 is 5.32 Å². The van der Waals surface area contributed by atoms with Gasteiger partial charge in [-0.3, -0.25) is 0 Å². The van der Waals surface area contributed by atoms with Crippen molar-refractivity contribution in [3.05, 3.63) is 0 Å². The van der Waals surface area contributed by atoms with Gasteiger partial charge in [-0.25, -0.2) is 0 Å². The van der Waals surface area contributed by atoms with Crippen molar-refractivity contribution in [2.75, 3.05) is 26.7 Å². The van der Waals surface area contributed by atoms with Crippen LogP contribution in [0.3, 0.4) is 0 Å². The second-order valence-corrected chi connectivity index (χ2v) is 3.52. The van der Waals surface area contributed by atoms with E-state index in [0.29, 0.717) is 12.6 Å². The van der Waals surface area contributed by atoms with E-state index in [1.807, 2.05) is 0 Å². The van der Waals surface area contributed by atoms with Crippen LogP contribution in [0.15, 0.2) is 0 Å². The van der Waals surface area contributed by atoms with Gasteiger partial charge in [0, 0.05) is 12.6 Å². The molecule has 0 rings (SSSR count). The molecule has 2 nitrogen and oxygen atoms in total. The second-order valence-electron chi connectivity index (χ2n) is 3.52. The molecule has 0 aliphatic rings. The lowest BCUT2D eigenvalue weighted by Gasteiger charge is -2.24. The zero-order valence-electron chi connectivity index (χ0n) is 9.14. The summed E-state index contributed by atoms with van der Waals surface area (Å²) in [6, 6.07) is 0.569. The first-order valence-electron chi connectivity index (χ1n) is 5.06. The quantitative estimate of drug-likeness (QED) is 0.472. The van der Waals surface area contributed by atoms with Crippen molar-refractivity contribution >= 4 is 0 Å². The van der Waals surface area contributed by atoms with E-state index in [2.05, 4.69) is 37.0 Å². The molecule has 0 aromatic carbocycles. The predicted molar refractivity (Wildman–Crippen MR) is 58.7 cm³/mol.